The Labute approximate surface area is 113 Å². The van der Waals surface area contributed by atoms with Crippen LogP contribution in [-0.4, -0.2) is 55.6 Å². The lowest BCUT2D eigenvalue weighted by molar-refractivity contribution is 0.112. The summed E-state index contributed by atoms with van der Waals surface area (Å²) in [7, 11) is 4.41. The Morgan fingerprint density at radius 1 is 1.28 bits per heavy atom. The predicted molar refractivity (Wildman–Crippen MR) is 77.6 cm³/mol. The molecule has 3 heteroatoms. The standard InChI is InChI=1S/C15H31N3/c1-15(2)8-7-12(14(15)16)10-18-9-5-6-13(11-18)17(3)4/h12-14H,5-11,16H2,1-4H3. The highest BCUT2D eigenvalue weighted by Gasteiger charge is 2.40. The average molecular weight is 253 g/mol. The average Bonchev–Trinajstić information content (AvgIpc) is 2.57. The topological polar surface area (TPSA) is 32.5 Å². The quantitative estimate of drug-likeness (QED) is 0.832. The van der Waals surface area contributed by atoms with Gasteiger partial charge in [-0.25, -0.2) is 0 Å². The number of hydrogen-bond acceptors (Lipinski definition) is 3. The molecule has 3 unspecified atom stereocenters. The van der Waals surface area contributed by atoms with Crippen LogP contribution in [-0.2, 0) is 0 Å². The summed E-state index contributed by atoms with van der Waals surface area (Å²) in [5.41, 5.74) is 6.78. The molecule has 1 saturated carbocycles. The lowest BCUT2D eigenvalue weighted by Gasteiger charge is -2.38. The fourth-order valence-electron chi connectivity index (χ4n) is 3.70. The van der Waals surface area contributed by atoms with Crippen molar-refractivity contribution in [3.05, 3.63) is 0 Å². The summed E-state index contributed by atoms with van der Waals surface area (Å²) in [6.07, 6.45) is 5.31. The maximum atomic E-state index is 6.43. The van der Waals surface area contributed by atoms with Crippen molar-refractivity contribution in [2.75, 3.05) is 33.7 Å². The van der Waals surface area contributed by atoms with E-state index in [1.807, 2.05) is 0 Å². The third-order valence-electron chi connectivity index (χ3n) is 5.27. The normalized spacial score (nSPS) is 37.3. The zero-order valence-electron chi connectivity index (χ0n) is 12.7. The van der Waals surface area contributed by atoms with Gasteiger partial charge in [-0.05, 0) is 57.7 Å². The van der Waals surface area contributed by atoms with Crippen LogP contribution in [0.25, 0.3) is 0 Å². The molecule has 0 spiro atoms. The number of piperidine rings is 1. The van der Waals surface area contributed by atoms with Crippen LogP contribution in [0, 0.1) is 11.3 Å². The number of rotatable bonds is 3. The van der Waals surface area contributed by atoms with Gasteiger partial charge in [0.15, 0.2) is 0 Å². The van der Waals surface area contributed by atoms with Crippen molar-refractivity contribution in [2.45, 2.75) is 51.6 Å². The molecular formula is C15H31N3. The van der Waals surface area contributed by atoms with Crippen molar-refractivity contribution >= 4 is 0 Å². The van der Waals surface area contributed by atoms with Crippen molar-refractivity contribution in [3.63, 3.8) is 0 Å². The van der Waals surface area contributed by atoms with E-state index in [1.165, 1.54) is 45.3 Å². The van der Waals surface area contributed by atoms with Crippen LogP contribution in [0.15, 0.2) is 0 Å². The van der Waals surface area contributed by atoms with Gasteiger partial charge in [0, 0.05) is 25.2 Å². The van der Waals surface area contributed by atoms with E-state index in [0.29, 0.717) is 17.4 Å². The van der Waals surface area contributed by atoms with E-state index in [1.54, 1.807) is 0 Å². The fourth-order valence-corrected chi connectivity index (χ4v) is 3.70. The van der Waals surface area contributed by atoms with Crippen molar-refractivity contribution in [1.82, 2.24) is 9.80 Å². The van der Waals surface area contributed by atoms with Crippen LogP contribution in [0.1, 0.15) is 39.5 Å². The van der Waals surface area contributed by atoms with E-state index in [0.717, 1.165) is 6.04 Å². The van der Waals surface area contributed by atoms with Crippen molar-refractivity contribution in [1.29, 1.82) is 0 Å². The zero-order valence-corrected chi connectivity index (χ0v) is 12.7. The molecule has 18 heavy (non-hydrogen) atoms. The first-order chi connectivity index (χ1) is 8.40. The van der Waals surface area contributed by atoms with E-state index < -0.39 is 0 Å². The Morgan fingerprint density at radius 3 is 2.56 bits per heavy atom. The lowest BCUT2D eigenvalue weighted by Crippen LogP contribution is -2.49. The second kappa shape index (κ2) is 5.48. The van der Waals surface area contributed by atoms with E-state index in [4.69, 9.17) is 5.73 Å². The molecule has 0 amide bonds. The van der Waals surface area contributed by atoms with Crippen LogP contribution in [0.2, 0.25) is 0 Å². The summed E-state index contributed by atoms with van der Waals surface area (Å²) >= 11 is 0. The minimum Gasteiger partial charge on any atom is -0.327 e. The maximum Gasteiger partial charge on any atom is 0.0217 e. The fraction of sp³-hybridized carbons (Fsp3) is 1.00. The van der Waals surface area contributed by atoms with Gasteiger partial charge in [0.25, 0.3) is 0 Å². The molecule has 0 radical (unpaired) electrons. The Kier molecular flexibility index (Phi) is 4.35. The molecule has 2 N–H and O–H groups in total. The predicted octanol–water partition coefficient (Wildman–Crippen LogP) is 1.78. The number of nitrogens with two attached hydrogens (primary N) is 1. The highest BCUT2D eigenvalue weighted by Crippen LogP contribution is 2.40. The first kappa shape index (κ1) is 14.3. The van der Waals surface area contributed by atoms with Gasteiger partial charge in [0.05, 0.1) is 0 Å². The van der Waals surface area contributed by atoms with Crippen molar-refractivity contribution in [3.8, 4) is 0 Å². The van der Waals surface area contributed by atoms with Crippen molar-refractivity contribution < 1.29 is 0 Å². The third-order valence-corrected chi connectivity index (χ3v) is 5.27. The molecular weight excluding hydrogens is 222 g/mol. The Bertz CT molecular complexity index is 275. The SMILES string of the molecule is CN(C)C1CCCN(CC2CCC(C)(C)C2N)C1. The molecule has 3 atom stereocenters. The molecule has 1 aliphatic heterocycles. The van der Waals surface area contributed by atoms with Gasteiger partial charge in [-0.15, -0.1) is 0 Å². The first-order valence-corrected chi connectivity index (χ1v) is 7.54. The number of nitrogens with zero attached hydrogens (tertiary/aromatic N) is 2. The van der Waals surface area contributed by atoms with Crippen LogP contribution in [0.4, 0.5) is 0 Å². The van der Waals surface area contributed by atoms with Crippen LogP contribution in [0.3, 0.4) is 0 Å². The molecule has 2 rings (SSSR count). The third kappa shape index (κ3) is 3.06. The minimum absolute atomic E-state index is 0.349. The number of likely N-dealkylation sites (tertiary alicyclic amines) is 1. The number of hydrogen-bond donors (Lipinski definition) is 1. The smallest absolute Gasteiger partial charge is 0.0217 e. The van der Waals surface area contributed by atoms with Gasteiger partial charge in [-0.2, -0.15) is 0 Å². The summed E-state index contributed by atoms with van der Waals surface area (Å²) in [6.45, 7) is 8.38. The van der Waals surface area contributed by atoms with E-state index in [-0.39, 0.29) is 0 Å². The molecule has 2 fully saturated rings. The van der Waals surface area contributed by atoms with Crippen LogP contribution in [0.5, 0.6) is 0 Å². The first-order valence-electron chi connectivity index (χ1n) is 7.54. The molecule has 106 valence electrons. The van der Waals surface area contributed by atoms with Crippen LogP contribution < -0.4 is 5.73 Å². The highest BCUT2D eigenvalue weighted by atomic mass is 15.2. The molecule has 3 nitrogen and oxygen atoms in total. The largest absolute Gasteiger partial charge is 0.327 e. The minimum atomic E-state index is 0.349. The van der Waals surface area contributed by atoms with E-state index in [9.17, 15) is 0 Å². The summed E-state index contributed by atoms with van der Waals surface area (Å²) < 4.78 is 0. The second-order valence-corrected chi connectivity index (χ2v) is 7.33. The Balaban J connectivity index is 1.86. The second-order valence-electron chi connectivity index (χ2n) is 7.33. The van der Waals surface area contributed by atoms with Gasteiger partial charge < -0.3 is 15.5 Å². The van der Waals surface area contributed by atoms with Gasteiger partial charge in [-0.1, -0.05) is 13.8 Å². The highest BCUT2D eigenvalue weighted by molar-refractivity contribution is 4.95. The molecule has 0 bridgehead atoms. The number of likely N-dealkylation sites (N-methyl/N-ethyl adjacent to an activating group) is 1. The molecule has 0 aromatic heterocycles. The molecule has 1 heterocycles. The maximum absolute atomic E-state index is 6.43. The summed E-state index contributed by atoms with van der Waals surface area (Å²) in [4.78, 5) is 5.03. The van der Waals surface area contributed by atoms with Crippen molar-refractivity contribution in [2.24, 2.45) is 17.1 Å². The summed E-state index contributed by atoms with van der Waals surface area (Å²) in [5, 5.41) is 0. The van der Waals surface area contributed by atoms with E-state index in [2.05, 4.69) is 37.7 Å². The monoisotopic (exact) mass is 253 g/mol. The van der Waals surface area contributed by atoms with Crippen LogP contribution >= 0.6 is 0 Å². The lowest BCUT2D eigenvalue weighted by atomic mass is 9.85. The van der Waals surface area contributed by atoms with Gasteiger partial charge in [0.1, 0.15) is 0 Å². The Morgan fingerprint density at radius 2 is 2.00 bits per heavy atom. The van der Waals surface area contributed by atoms with Gasteiger partial charge >= 0.3 is 0 Å². The molecule has 1 saturated heterocycles. The molecule has 2 aliphatic rings. The molecule has 0 aromatic rings. The van der Waals surface area contributed by atoms with E-state index >= 15 is 0 Å². The summed E-state index contributed by atoms with van der Waals surface area (Å²) in [6, 6.07) is 1.13. The summed E-state index contributed by atoms with van der Waals surface area (Å²) in [5.74, 6) is 0.709. The van der Waals surface area contributed by atoms with Gasteiger partial charge in [0.2, 0.25) is 0 Å². The Hall–Kier alpha value is -0.120. The zero-order chi connectivity index (χ0) is 13.3. The molecule has 1 aliphatic carbocycles. The van der Waals surface area contributed by atoms with Gasteiger partial charge in [-0.3, -0.25) is 0 Å². The molecule has 0 aromatic carbocycles.